The van der Waals surface area contributed by atoms with E-state index in [0.29, 0.717) is 13.2 Å². The van der Waals surface area contributed by atoms with E-state index in [1.807, 2.05) is 6.92 Å². The Balaban J connectivity index is 2.43. The monoisotopic (exact) mass is 215 g/mol. The summed E-state index contributed by atoms with van der Waals surface area (Å²) in [5.74, 6) is 0. The van der Waals surface area contributed by atoms with Gasteiger partial charge >= 0.3 is 0 Å². The van der Waals surface area contributed by atoms with Gasteiger partial charge in [-0.15, -0.1) is 0 Å². The van der Waals surface area contributed by atoms with Gasteiger partial charge in [0.1, 0.15) is 0 Å². The molecule has 0 bridgehead atoms. The maximum Gasteiger partial charge on any atom is 0.0805 e. The largest absolute Gasteiger partial charge is 0.379 e. The first kappa shape index (κ1) is 12.9. The van der Waals surface area contributed by atoms with Crippen LogP contribution in [0.1, 0.15) is 45.4 Å². The van der Waals surface area contributed by atoms with Crippen molar-refractivity contribution >= 4 is 0 Å². The summed E-state index contributed by atoms with van der Waals surface area (Å²) in [6.45, 7) is 3.33. The summed E-state index contributed by atoms with van der Waals surface area (Å²) in [6.07, 6.45) is 7.53. The number of hydrogen-bond donors (Lipinski definition) is 1. The van der Waals surface area contributed by atoms with E-state index in [1.165, 1.54) is 25.7 Å². The second-order valence-electron chi connectivity index (χ2n) is 4.66. The summed E-state index contributed by atoms with van der Waals surface area (Å²) >= 11 is 0. The molecule has 1 aliphatic rings. The molecule has 0 amide bonds. The zero-order chi connectivity index (χ0) is 11.1. The predicted octanol–water partition coefficient (Wildman–Crippen LogP) is 2.09. The molecule has 1 fully saturated rings. The first-order valence-electron chi connectivity index (χ1n) is 6.09. The molecule has 15 heavy (non-hydrogen) atoms. The van der Waals surface area contributed by atoms with E-state index in [1.54, 1.807) is 7.11 Å². The van der Waals surface area contributed by atoms with Crippen LogP contribution in [0.15, 0.2) is 0 Å². The third-order valence-corrected chi connectivity index (χ3v) is 3.41. The Morgan fingerprint density at radius 2 is 1.80 bits per heavy atom. The number of ether oxygens (including phenoxy) is 2. The van der Waals surface area contributed by atoms with E-state index in [9.17, 15) is 0 Å². The van der Waals surface area contributed by atoms with E-state index >= 15 is 0 Å². The molecule has 0 aromatic heterocycles. The fourth-order valence-electron chi connectivity index (χ4n) is 2.14. The zero-order valence-corrected chi connectivity index (χ0v) is 10.1. The topological polar surface area (TPSA) is 44.5 Å². The predicted molar refractivity (Wildman–Crippen MR) is 61.9 cm³/mol. The van der Waals surface area contributed by atoms with Gasteiger partial charge in [-0.25, -0.2) is 0 Å². The average molecular weight is 215 g/mol. The first-order chi connectivity index (χ1) is 7.22. The highest BCUT2D eigenvalue weighted by atomic mass is 16.5. The van der Waals surface area contributed by atoms with Gasteiger partial charge in [0.2, 0.25) is 0 Å². The highest BCUT2D eigenvalue weighted by Crippen LogP contribution is 2.29. The first-order valence-corrected chi connectivity index (χ1v) is 6.09. The molecule has 0 radical (unpaired) electrons. The summed E-state index contributed by atoms with van der Waals surface area (Å²) in [4.78, 5) is 0. The number of methoxy groups -OCH3 is 1. The molecule has 3 nitrogen and oxygen atoms in total. The molecule has 1 aliphatic carbocycles. The molecule has 3 heteroatoms. The Labute approximate surface area is 93.3 Å². The van der Waals surface area contributed by atoms with Gasteiger partial charge in [0.25, 0.3) is 0 Å². The van der Waals surface area contributed by atoms with Gasteiger partial charge in [-0.3, -0.25) is 0 Å². The Hall–Kier alpha value is -0.120. The highest BCUT2D eigenvalue weighted by Gasteiger charge is 2.30. The lowest BCUT2D eigenvalue weighted by molar-refractivity contribution is -0.0865. The van der Waals surface area contributed by atoms with Crippen LogP contribution in [0.5, 0.6) is 0 Å². The molecule has 0 saturated heterocycles. The second-order valence-corrected chi connectivity index (χ2v) is 4.66. The average Bonchev–Trinajstić information content (AvgIpc) is 2.52. The molecule has 90 valence electrons. The maximum absolute atomic E-state index is 6.00. The summed E-state index contributed by atoms with van der Waals surface area (Å²) in [5.41, 5.74) is 5.80. The van der Waals surface area contributed by atoms with Crippen LogP contribution in [0.4, 0.5) is 0 Å². The van der Waals surface area contributed by atoms with E-state index in [-0.39, 0.29) is 11.7 Å². The molecule has 0 aliphatic heterocycles. The lowest BCUT2D eigenvalue weighted by Gasteiger charge is -2.32. The van der Waals surface area contributed by atoms with Crippen LogP contribution in [0.25, 0.3) is 0 Å². The van der Waals surface area contributed by atoms with E-state index in [2.05, 4.69) is 0 Å². The third-order valence-electron chi connectivity index (χ3n) is 3.41. The summed E-state index contributed by atoms with van der Waals surface area (Å²) in [5, 5.41) is 0. The fourth-order valence-corrected chi connectivity index (χ4v) is 2.14. The van der Waals surface area contributed by atoms with Crippen molar-refractivity contribution in [2.75, 3.05) is 20.3 Å². The smallest absolute Gasteiger partial charge is 0.0805 e. The quantitative estimate of drug-likeness (QED) is 0.714. The molecule has 1 rings (SSSR count). The molecule has 0 aromatic carbocycles. The van der Waals surface area contributed by atoms with Crippen molar-refractivity contribution in [3.8, 4) is 0 Å². The van der Waals surface area contributed by atoms with Crippen LogP contribution in [-0.4, -0.2) is 32.0 Å². The standard InChI is InChI=1S/C12H25NO2/c1-11(14-2)9-15-12(10-13)7-5-3-4-6-8-12/h11H,3-10,13H2,1-2H3. The van der Waals surface area contributed by atoms with E-state index in [4.69, 9.17) is 15.2 Å². The fraction of sp³-hybridized carbons (Fsp3) is 1.00. The minimum Gasteiger partial charge on any atom is -0.379 e. The van der Waals surface area contributed by atoms with Gasteiger partial charge in [-0.05, 0) is 19.8 Å². The van der Waals surface area contributed by atoms with E-state index < -0.39 is 0 Å². The SMILES string of the molecule is COC(C)COC1(CN)CCCCCC1. The van der Waals surface area contributed by atoms with Gasteiger partial charge in [0.15, 0.2) is 0 Å². The molecule has 1 atom stereocenters. The van der Waals surface area contributed by atoms with Gasteiger partial charge < -0.3 is 15.2 Å². The molecule has 2 N–H and O–H groups in total. The molecular formula is C12H25NO2. The van der Waals surface area contributed by atoms with E-state index in [0.717, 1.165) is 12.8 Å². The van der Waals surface area contributed by atoms with Crippen LogP contribution in [0.2, 0.25) is 0 Å². The number of rotatable bonds is 5. The van der Waals surface area contributed by atoms with Crippen molar-refractivity contribution in [3.63, 3.8) is 0 Å². The van der Waals surface area contributed by atoms with Crippen LogP contribution >= 0.6 is 0 Å². The lowest BCUT2D eigenvalue weighted by atomic mass is 9.94. The van der Waals surface area contributed by atoms with Gasteiger partial charge in [0.05, 0.1) is 18.3 Å². The maximum atomic E-state index is 6.00. The molecule has 1 unspecified atom stereocenters. The van der Waals surface area contributed by atoms with Gasteiger partial charge in [-0.1, -0.05) is 25.7 Å². The zero-order valence-electron chi connectivity index (χ0n) is 10.1. The normalized spacial score (nSPS) is 23.4. The van der Waals surface area contributed by atoms with Crippen LogP contribution < -0.4 is 5.73 Å². The van der Waals surface area contributed by atoms with Crippen molar-refractivity contribution < 1.29 is 9.47 Å². The minimum atomic E-state index is -0.0662. The summed E-state index contributed by atoms with van der Waals surface area (Å²) in [7, 11) is 1.72. The lowest BCUT2D eigenvalue weighted by Crippen LogP contribution is -2.42. The number of hydrogen-bond acceptors (Lipinski definition) is 3. The van der Waals surface area contributed by atoms with Crippen LogP contribution in [0.3, 0.4) is 0 Å². The molecular weight excluding hydrogens is 190 g/mol. The highest BCUT2D eigenvalue weighted by molar-refractivity contribution is 4.84. The van der Waals surface area contributed by atoms with Crippen molar-refractivity contribution in [3.05, 3.63) is 0 Å². The third kappa shape index (κ3) is 4.09. The minimum absolute atomic E-state index is 0.0662. The second kappa shape index (κ2) is 6.46. The molecule has 1 saturated carbocycles. The van der Waals surface area contributed by atoms with Gasteiger partial charge in [0, 0.05) is 13.7 Å². The number of nitrogens with two attached hydrogens (primary N) is 1. The van der Waals surface area contributed by atoms with Crippen molar-refractivity contribution in [2.24, 2.45) is 5.73 Å². The molecule has 0 aromatic rings. The van der Waals surface area contributed by atoms with Gasteiger partial charge in [-0.2, -0.15) is 0 Å². The Bertz CT molecular complexity index is 165. The Morgan fingerprint density at radius 1 is 1.20 bits per heavy atom. The summed E-state index contributed by atoms with van der Waals surface area (Å²) in [6, 6.07) is 0. The molecule has 0 spiro atoms. The van der Waals surface area contributed by atoms with Crippen molar-refractivity contribution in [1.82, 2.24) is 0 Å². The van der Waals surface area contributed by atoms with Crippen LogP contribution in [0, 0.1) is 0 Å². The van der Waals surface area contributed by atoms with Crippen molar-refractivity contribution in [1.29, 1.82) is 0 Å². The molecule has 0 heterocycles. The van der Waals surface area contributed by atoms with Crippen molar-refractivity contribution in [2.45, 2.75) is 57.2 Å². The summed E-state index contributed by atoms with van der Waals surface area (Å²) < 4.78 is 11.2. The van der Waals surface area contributed by atoms with Crippen LogP contribution in [-0.2, 0) is 9.47 Å². The Morgan fingerprint density at radius 3 is 2.27 bits per heavy atom. The Kier molecular flexibility index (Phi) is 5.58.